The molecule has 3 nitrogen and oxygen atoms in total. The second kappa shape index (κ2) is 6.44. The Bertz CT molecular complexity index is 526. The van der Waals surface area contributed by atoms with Crippen molar-refractivity contribution in [1.29, 1.82) is 0 Å². The van der Waals surface area contributed by atoms with Crippen LogP contribution in [0.1, 0.15) is 18.4 Å². The number of benzene rings is 1. The molecular weight excluding hydrogens is 302 g/mol. The van der Waals surface area contributed by atoms with Gasteiger partial charge in [0.25, 0.3) is 0 Å². The summed E-state index contributed by atoms with van der Waals surface area (Å²) in [6.45, 7) is 0.557. The highest BCUT2D eigenvalue weighted by atomic mass is 32.2. The van der Waals surface area contributed by atoms with Crippen molar-refractivity contribution in [3.8, 4) is 0 Å². The fraction of sp³-hybridized carbons (Fsp3) is 0.500. The van der Waals surface area contributed by atoms with E-state index < -0.39 is 0 Å². The molecule has 2 amide bonds. The van der Waals surface area contributed by atoms with Gasteiger partial charge in [-0.2, -0.15) is 23.5 Å². The van der Waals surface area contributed by atoms with Gasteiger partial charge in [-0.25, -0.2) is 0 Å². The van der Waals surface area contributed by atoms with Crippen LogP contribution in [-0.2, 0) is 15.3 Å². The predicted molar refractivity (Wildman–Crippen MR) is 88.3 cm³/mol. The summed E-state index contributed by atoms with van der Waals surface area (Å²) in [6.07, 6.45) is 1.30. The maximum absolute atomic E-state index is 12.5. The molecule has 2 heterocycles. The largest absolute Gasteiger partial charge is 0.281 e. The highest BCUT2D eigenvalue weighted by molar-refractivity contribution is 7.99. The molecular formula is C16H19NO2S2. The van der Waals surface area contributed by atoms with Crippen molar-refractivity contribution in [1.82, 2.24) is 4.90 Å². The molecule has 1 atom stereocenters. The van der Waals surface area contributed by atoms with Crippen molar-refractivity contribution in [3.63, 3.8) is 0 Å². The fourth-order valence-corrected chi connectivity index (χ4v) is 5.25. The van der Waals surface area contributed by atoms with E-state index in [4.69, 9.17) is 0 Å². The molecule has 1 spiro atoms. The van der Waals surface area contributed by atoms with E-state index in [1.807, 2.05) is 18.2 Å². The first-order valence-corrected chi connectivity index (χ1v) is 9.56. The number of carbonyl (C=O) groups excluding carboxylic acids is 2. The van der Waals surface area contributed by atoms with E-state index in [9.17, 15) is 9.59 Å². The summed E-state index contributed by atoms with van der Waals surface area (Å²) >= 11 is 3.58. The van der Waals surface area contributed by atoms with Gasteiger partial charge >= 0.3 is 0 Å². The smallest absolute Gasteiger partial charge is 0.236 e. The molecule has 0 aliphatic carbocycles. The van der Waals surface area contributed by atoms with Gasteiger partial charge < -0.3 is 0 Å². The molecule has 1 aromatic rings. The van der Waals surface area contributed by atoms with Crippen LogP contribution in [0, 0.1) is 5.41 Å². The molecule has 5 heteroatoms. The van der Waals surface area contributed by atoms with E-state index in [2.05, 4.69) is 12.1 Å². The summed E-state index contributed by atoms with van der Waals surface area (Å²) in [4.78, 5) is 26.1. The van der Waals surface area contributed by atoms with Gasteiger partial charge in [0.05, 0.1) is 5.41 Å². The minimum atomic E-state index is -0.355. The second-order valence-corrected chi connectivity index (χ2v) is 7.86. The Kier molecular flexibility index (Phi) is 4.60. The van der Waals surface area contributed by atoms with Crippen molar-refractivity contribution >= 4 is 35.3 Å². The fourth-order valence-electron chi connectivity index (χ4n) is 2.92. The van der Waals surface area contributed by atoms with Gasteiger partial charge in [0.1, 0.15) is 0 Å². The molecule has 3 rings (SSSR count). The first-order chi connectivity index (χ1) is 10.2. The lowest BCUT2D eigenvalue weighted by molar-refractivity contribution is -0.140. The maximum Gasteiger partial charge on any atom is 0.236 e. The SMILES string of the molecule is O=C1C[C@@]2(CCSC2)C(=O)N1CCSCc1ccccc1. The van der Waals surface area contributed by atoms with Crippen molar-refractivity contribution < 1.29 is 9.59 Å². The van der Waals surface area contributed by atoms with Crippen LogP contribution < -0.4 is 0 Å². The highest BCUT2D eigenvalue weighted by Gasteiger charge is 2.52. The van der Waals surface area contributed by atoms with Crippen molar-refractivity contribution in [3.05, 3.63) is 35.9 Å². The Morgan fingerprint density at radius 2 is 2.05 bits per heavy atom. The van der Waals surface area contributed by atoms with Gasteiger partial charge in [-0.1, -0.05) is 30.3 Å². The monoisotopic (exact) mass is 321 g/mol. The first kappa shape index (κ1) is 15.0. The quantitative estimate of drug-likeness (QED) is 0.617. The van der Waals surface area contributed by atoms with Gasteiger partial charge in [-0.05, 0) is 17.7 Å². The predicted octanol–water partition coefficient (Wildman–Crippen LogP) is 2.80. The zero-order valence-corrected chi connectivity index (χ0v) is 13.5. The van der Waals surface area contributed by atoms with Gasteiger partial charge in [0.15, 0.2) is 0 Å². The van der Waals surface area contributed by atoms with E-state index in [1.165, 1.54) is 10.5 Å². The number of rotatable bonds is 5. The average Bonchev–Trinajstić information content (AvgIpc) is 3.05. The average molecular weight is 321 g/mol. The van der Waals surface area contributed by atoms with Crippen LogP contribution in [0.5, 0.6) is 0 Å². The number of nitrogens with zero attached hydrogens (tertiary/aromatic N) is 1. The van der Waals surface area contributed by atoms with Gasteiger partial charge in [0.2, 0.25) is 11.8 Å². The summed E-state index contributed by atoms with van der Waals surface area (Å²) in [7, 11) is 0. The van der Waals surface area contributed by atoms with E-state index in [0.717, 1.165) is 29.4 Å². The molecule has 0 saturated carbocycles. The number of imide groups is 1. The Morgan fingerprint density at radius 1 is 1.24 bits per heavy atom. The zero-order valence-electron chi connectivity index (χ0n) is 11.9. The summed E-state index contributed by atoms with van der Waals surface area (Å²) in [5, 5.41) is 0. The lowest BCUT2D eigenvalue weighted by atomic mass is 9.86. The van der Waals surface area contributed by atoms with Gasteiger partial charge in [-0.3, -0.25) is 14.5 Å². The van der Waals surface area contributed by atoms with Crippen LogP contribution in [0.25, 0.3) is 0 Å². The molecule has 2 aliphatic rings. The number of likely N-dealkylation sites (tertiary alicyclic amines) is 1. The molecule has 21 heavy (non-hydrogen) atoms. The third-order valence-electron chi connectivity index (χ3n) is 4.16. The Morgan fingerprint density at radius 3 is 2.76 bits per heavy atom. The third-order valence-corrected chi connectivity index (χ3v) is 6.42. The standard InChI is InChI=1S/C16H19NO2S2/c18-14-10-16(6-8-21-12-16)15(19)17(14)7-9-20-11-13-4-2-1-3-5-13/h1-5H,6-12H2/t16-/m1/s1. The van der Waals surface area contributed by atoms with E-state index in [1.54, 1.807) is 23.5 Å². The topological polar surface area (TPSA) is 37.4 Å². The number of carbonyl (C=O) groups is 2. The van der Waals surface area contributed by atoms with Crippen molar-refractivity contribution in [2.75, 3.05) is 23.8 Å². The normalized spacial score (nSPS) is 25.2. The van der Waals surface area contributed by atoms with Crippen LogP contribution >= 0.6 is 23.5 Å². The summed E-state index contributed by atoms with van der Waals surface area (Å²) < 4.78 is 0. The molecule has 2 fully saturated rings. The highest BCUT2D eigenvalue weighted by Crippen LogP contribution is 2.44. The third kappa shape index (κ3) is 3.14. The number of hydrogen-bond donors (Lipinski definition) is 0. The Balaban J connectivity index is 1.49. The van der Waals surface area contributed by atoms with E-state index in [-0.39, 0.29) is 17.2 Å². The molecule has 0 N–H and O–H groups in total. The maximum atomic E-state index is 12.5. The molecule has 0 radical (unpaired) electrons. The van der Waals surface area contributed by atoms with Crippen LogP contribution in [0.3, 0.4) is 0 Å². The molecule has 1 aromatic carbocycles. The Hall–Kier alpha value is -0.940. The zero-order chi connectivity index (χ0) is 14.7. The number of hydrogen-bond acceptors (Lipinski definition) is 4. The summed E-state index contributed by atoms with van der Waals surface area (Å²) in [5.74, 6) is 3.69. The van der Waals surface area contributed by atoms with E-state index in [0.29, 0.717) is 13.0 Å². The minimum absolute atomic E-state index is 0.0304. The van der Waals surface area contributed by atoms with Crippen LogP contribution in [0.2, 0.25) is 0 Å². The molecule has 0 aromatic heterocycles. The van der Waals surface area contributed by atoms with Crippen LogP contribution in [0.4, 0.5) is 0 Å². The minimum Gasteiger partial charge on any atom is -0.281 e. The lowest BCUT2D eigenvalue weighted by Crippen LogP contribution is -2.37. The van der Waals surface area contributed by atoms with Crippen LogP contribution in [-0.4, -0.2) is 40.5 Å². The summed E-state index contributed by atoms with van der Waals surface area (Å²) in [5.41, 5.74) is 0.927. The van der Waals surface area contributed by atoms with Crippen molar-refractivity contribution in [2.24, 2.45) is 5.41 Å². The van der Waals surface area contributed by atoms with Crippen molar-refractivity contribution in [2.45, 2.75) is 18.6 Å². The van der Waals surface area contributed by atoms with E-state index >= 15 is 0 Å². The second-order valence-electron chi connectivity index (χ2n) is 5.65. The van der Waals surface area contributed by atoms with Gasteiger partial charge in [0, 0.05) is 30.2 Å². The molecule has 2 saturated heterocycles. The van der Waals surface area contributed by atoms with Crippen LogP contribution in [0.15, 0.2) is 30.3 Å². The van der Waals surface area contributed by atoms with Gasteiger partial charge in [-0.15, -0.1) is 0 Å². The molecule has 112 valence electrons. The Labute approximate surface area is 133 Å². The number of amides is 2. The molecule has 0 unspecified atom stereocenters. The lowest BCUT2D eigenvalue weighted by Gasteiger charge is -2.20. The molecule has 2 aliphatic heterocycles. The first-order valence-electron chi connectivity index (χ1n) is 7.25. The summed E-state index contributed by atoms with van der Waals surface area (Å²) in [6, 6.07) is 10.3. The number of thioether (sulfide) groups is 2. The molecule has 0 bridgehead atoms.